The highest BCUT2D eigenvalue weighted by Crippen LogP contribution is 2.30. The Labute approximate surface area is 145 Å². The zero-order valence-corrected chi connectivity index (χ0v) is 14.1. The quantitative estimate of drug-likeness (QED) is 0.897. The Balaban J connectivity index is 1.47. The van der Waals surface area contributed by atoms with Crippen molar-refractivity contribution in [3.05, 3.63) is 36.7 Å². The van der Waals surface area contributed by atoms with E-state index in [1.54, 1.807) is 17.1 Å². The molecular weight excluding hydrogens is 322 g/mol. The summed E-state index contributed by atoms with van der Waals surface area (Å²) in [6, 6.07) is 7.38. The van der Waals surface area contributed by atoms with Crippen molar-refractivity contribution in [1.82, 2.24) is 19.9 Å². The van der Waals surface area contributed by atoms with Crippen molar-refractivity contribution >= 4 is 11.7 Å². The van der Waals surface area contributed by atoms with Gasteiger partial charge in [0.05, 0.1) is 37.3 Å². The van der Waals surface area contributed by atoms with E-state index in [4.69, 9.17) is 9.47 Å². The van der Waals surface area contributed by atoms with Gasteiger partial charge in [0, 0.05) is 25.3 Å². The number of urea groups is 1. The van der Waals surface area contributed by atoms with E-state index in [1.165, 1.54) is 0 Å². The summed E-state index contributed by atoms with van der Waals surface area (Å²) in [6.45, 7) is 4.33. The van der Waals surface area contributed by atoms with Crippen LogP contribution in [-0.4, -0.2) is 63.9 Å². The van der Waals surface area contributed by atoms with Crippen molar-refractivity contribution in [2.24, 2.45) is 0 Å². The molecule has 0 saturated carbocycles. The first-order valence-corrected chi connectivity index (χ1v) is 8.42. The number of rotatable bonds is 2. The number of aromatic nitrogens is 3. The Bertz CT molecular complexity index is 743. The van der Waals surface area contributed by atoms with Crippen molar-refractivity contribution < 1.29 is 14.3 Å². The molecule has 2 aliphatic rings. The van der Waals surface area contributed by atoms with E-state index in [0.717, 1.165) is 12.1 Å². The van der Waals surface area contributed by atoms with Crippen molar-refractivity contribution in [3.63, 3.8) is 0 Å². The molecule has 0 bridgehead atoms. The molecule has 2 aromatic rings. The van der Waals surface area contributed by atoms with E-state index in [0.29, 0.717) is 32.0 Å². The lowest BCUT2D eigenvalue weighted by molar-refractivity contribution is -0.136. The van der Waals surface area contributed by atoms with Crippen LogP contribution in [0.25, 0.3) is 5.69 Å². The molecule has 0 unspecified atom stereocenters. The number of carbonyl (C=O) groups is 1. The fourth-order valence-electron chi connectivity index (χ4n) is 3.46. The minimum absolute atomic E-state index is 0.0114. The fourth-order valence-corrected chi connectivity index (χ4v) is 3.46. The predicted molar refractivity (Wildman–Crippen MR) is 90.7 cm³/mol. The minimum atomic E-state index is -0.364. The molecule has 1 aromatic carbocycles. The van der Waals surface area contributed by atoms with Gasteiger partial charge in [-0.1, -0.05) is 11.3 Å². The van der Waals surface area contributed by atoms with Gasteiger partial charge in [-0.2, -0.15) is 0 Å². The zero-order valence-electron chi connectivity index (χ0n) is 14.1. The van der Waals surface area contributed by atoms with Gasteiger partial charge in [-0.05, 0) is 25.1 Å². The second kappa shape index (κ2) is 6.45. The Morgan fingerprint density at radius 1 is 1.44 bits per heavy atom. The van der Waals surface area contributed by atoms with Crippen LogP contribution >= 0.6 is 0 Å². The Morgan fingerprint density at radius 3 is 3.12 bits per heavy atom. The van der Waals surface area contributed by atoms with Crippen molar-refractivity contribution in [2.75, 3.05) is 31.6 Å². The summed E-state index contributed by atoms with van der Waals surface area (Å²) in [5, 5.41) is 10.7. The number of benzene rings is 1. The molecule has 3 heterocycles. The number of hydrogen-bond donors (Lipinski definition) is 1. The molecule has 2 atom stereocenters. The highest BCUT2D eigenvalue weighted by Gasteiger charge is 2.44. The first-order valence-electron chi connectivity index (χ1n) is 8.42. The van der Waals surface area contributed by atoms with E-state index in [1.807, 2.05) is 36.1 Å². The van der Waals surface area contributed by atoms with Crippen LogP contribution in [0.4, 0.5) is 10.5 Å². The smallest absolute Gasteiger partial charge is 0.322 e. The molecule has 0 aliphatic carbocycles. The number of anilines is 1. The van der Waals surface area contributed by atoms with Gasteiger partial charge in [-0.15, -0.1) is 5.10 Å². The summed E-state index contributed by atoms with van der Waals surface area (Å²) in [7, 11) is 0. The Kier molecular flexibility index (Phi) is 4.14. The average Bonchev–Trinajstić information content (AvgIpc) is 3.27. The van der Waals surface area contributed by atoms with Crippen LogP contribution in [0.3, 0.4) is 0 Å². The highest BCUT2D eigenvalue weighted by molar-refractivity contribution is 5.89. The van der Waals surface area contributed by atoms with Crippen LogP contribution < -0.4 is 5.32 Å². The van der Waals surface area contributed by atoms with Gasteiger partial charge in [0.2, 0.25) is 0 Å². The summed E-state index contributed by atoms with van der Waals surface area (Å²) >= 11 is 0. The average molecular weight is 343 g/mol. The lowest BCUT2D eigenvalue weighted by Crippen LogP contribution is -2.57. The van der Waals surface area contributed by atoms with Gasteiger partial charge in [0.15, 0.2) is 0 Å². The van der Waals surface area contributed by atoms with E-state index in [2.05, 4.69) is 15.6 Å². The number of hydrogen-bond acceptors (Lipinski definition) is 5. The lowest BCUT2D eigenvalue weighted by Gasteiger charge is -2.42. The molecule has 1 aromatic heterocycles. The second-order valence-electron chi connectivity index (χ2n) is 6.62. The van der Waals surface area contributed by atoms with Crippen molar-refractivity contribution in [3.8, 4) is 5.69 Å². The lowest BCUT2D eigenvalue weighted by atomic mass is 9.99. The number of amides is 2. The molecule has 25 heavy (non-hydrogen) atoms. The zero-order chi connectivity index (χ0) is 17.3. The maximum Gasteiger partial charge on any atom is 0.322 e. The monoisotopic (exact) mass is 343 g/mol. The molecule has 2 aliphatic heterocycles. The standard InChI is InChI=1S/C17H21N5O3/c1-13-10-21(11-17(25-13)5-8-24-12-17)16(23)19-14-3-2-4-15(9-14)22-7-6-18-20-22/h2-4,6-7,9,13H,5,8,10-12H2,1H3,(H,19,23)/t13-,17-/m1/s1. The third-order valence-corrected chi connectivity index (χ3v) is 4.55. The molecule has 4 rings (SSSR count). The minimum Gasteiger partial charge on any atom is -0.378 e. The van der Waals surface area contributed by atoms with E-state index in [9.17, 15) is 4.79 Å². The number of morpholine rings is 1. The maximum absolute atomic E-state index is 12.7. The van der Waals surface area contributed by atoms with Crippen LogP contribution in [0.15, 0.2) is 36.7 Å². The van der Waals surface area contributed by atoms with Crippen LogP contribution in [0.5, 0.6) is 0 Å². The number of carbonyl (C=O) groups excluding carboxylic acids is 1. The van der Waals surface area contributed by atoms with Crippen LogP contribution in [0.2, 0.25) is 0 Å². The van der Waals surface area contributed by atoms with E-state index in [-0.39, 0.29) is 17.7 Å². The predicted octanol–water partition coefficient (Wildman–Crippen LogP) is 1.68. The normalized spacial score (nSPS) is 26.1. The van der Waals surface area contributed by atoms with Gasteiger partial charge in [0.25, 0.3) is 0 Å². The third kappa shape index (κ3) is 3.35. The number of ether oxygens (including phenoxy) is 2. The third-order valence-electron chi connectivity index (χ3n) is 4.55. The first-order chi connectivity index (χ1) is 12.1. The molecule has 8 heteroatoms. The van der Waals surface area contributed by atoms with Gasteiger partial charge in [-0.25, -0.2) is 9.48 Å². The van der Waals surface area contributed by atoms with Crippen LogP contribution in [0.1, 0.15) is 13.3 Å². The van der Waals surface area contributed by atoms with Crippen LogP contribution in [-0.2, 0) is 9.47 Å². The molecule has 2 saturated heterocycles. The number of nitrogens with one attached hydrogen (secondary N) is 1. The molecule has 2 fully saturated rings. The SMILES string of the molecule is C[C@@H]1CN(C(=O)Nc2cccc(-n3ccnn3)c2)C[C@@]2(CCOC2)O1. The van der Waals surface area contributed by atoms with Gasteiger partial charge in [-0.3, -0.25) is 0 Å². The summed E-state index contributed by atoms with van der Waals surface area (Å²) < 4.78 is 13.2. The van der Waals surface area contributed by atoms with Crippen molar-refractivity contribution in [2.45, 2.75) is 25.0 Å². The summed E-state index contributed by atoms with van der Waals surface area (Å²) in [5.41, 5.74) is 1.19. The highest BCUT2D eigenvalue weighted by atomic mass is 16.6. The van der Waals surface area contributed by atoms with Crippen LogP contribution in [0, 0.1) is 0 Å². The molecule has 8 nitrogen and oxygen atoms in total. The molecule has 1 N–H and O–H groups in total. The van der Waals surface area contributed by atoms with Crippen molar-refractivity contribution in [1.29, 1.82) is 0 Å². The second-order valence-corrected chi connectivity index (χ2v) is 6.62. The van der Waals surface area contributed by atoms with E-state index >= 15 is 0 Å². The maximum atomic E-state index is 12.7. The first kappa shape index (κ1) is 16.0. The Morgan fingerprint density at radius 2 is 2.36 bits per heavy atom. The molecule has 1 spiro atoms. The molecule has 2 amide bonds. The summed E-state index contributed by atoms with van der Waals surface area (Å²) in [5.74, 6) is 0. The fraction of sp³-hybridized carbons (Fsp3) is 0.471. The Hall–Kier alpha value is -2.45. The number of nitrogens with zero attached hydrogens (tertiary/aromatic N) is 4. The molecule has 0 radical (unpaired) electrons. The van der Waals surface area contributed by atoms with Gasteiger partial charge < -0.3 is 19.7 Å². The summed E-state index contributed by atoms with van der Waals surface area (Å²) in [6.07, 6.45) is 4.18. The molecule has 132 valence electrons. The summed E-state index contributed by atoms with van der Waals surface area (Å²) in [4.78, 5) is 14.5. The van der Waals surface area contributed by atoms with E-state index < -0.39 is 0 Å². The topological polar surface area (TPSA) is 81.5 Å². The largest absolute Gasteiger partial charge is 0.378 e. The van der Waals surface area contributed by atoms with Gasteiger partial charge >= 0.3 is 6.03 Å². The molecular formula is C17H21N5O3. The van der Waals surface area contributed by atoms with Gasteiger partial charge in [0.1, 0.15) is 5.60 Å².